The first kappa shape index (κ1) is 32.3. The molecule has 12 heteroatoms. The van der Waals surface area contributed by atoms with Crippen LogP contribution in [-0.4, -0.2) is 83.7 Å². The summed E-state index contributed by atoms with van der Waals surface area (Å²) in [5, 5.41) is 18.1. The minimum atomic E-state index is -1.17. The highest BCUT2D eigenvalue weighted by atomic mass is 35.5. The van der Waals surface area contributed by atoms with Crippen LogP contribution in [0.5, 0.6) is 5.75 Å². The topological polar surface area (TPSA) is 155 Å². The summed E-state index contributed by atoms with van der Waals surface area (Å²) in [5.74, 6) is -1.54. The molecule has 11 nitrogen and oxygen atoms in total. The lowest BCUT2D eigenvalue weighted by molar-refractivity contribution is -0.178. The zero-order chi connectivity index (χ0) is 28.0. The number of ether oxygens (including phenoxy) is 5. The fourth-order valence-corrected chi connectivity index (χ4v) is 3.68. The zero-order valence-corrected chi connectivity index (χ0v) is 22.1. The van der Waals surface area contributed by atoms with E-state index in [1.807, 2.05) is 0 Å². The molecular weight excluding hydrogens is 512 g/mol. The minimum Gasteiger partial charge on any atom is -0.484 e. The summed E-state index contributed by atoms with van der Waals surface area (Å²) in [4.78, 5) is 46.4. The minimum absolute atomic E-state index is 0.0440. The maximum atomic E-state index is 11.9. The van der Waals surface area contributed by atoms with E-state index in [-0.39, 0.29) is 50.4 Å². The Labute approximate surface area is 220 Å². The molecule has 0 saturated carbocycles. The molecule has 0 radical (unpaired) electrons. The molecule has 0 saturated heterocycles. The van der Waals surface area contributed by atoms with Crippen LogP contribution in [0.25, 0.3) is 0 Å². The molecule has 1 rings (SSSR count). The molecule has 0 aliphatic carbocycles. The average molecular weight is 547 g/mol. The Bertz CT molecular complexity index is 874. The van der Waals surface area contributed by atoms with Crippen molar-refractivity contribution < 1.29 is 53.1 Å². The van der Waals surface area contributed by atoms with Gasteiger partial charge in [-0.25, -0.2) is 0 Å². The summed E-state index contributed by atoms with van der Waals surface area (Å²) in [5.41, 5.74) is 0.241. The predicted molar refractivity (Wildman–Crippen MR) is 131 cm³/mol. The molecule has 5 unspecified atom stereocenters. The second-order valence-electron chi connectivity index (χ2n) is 8.31. The molecule has 0 amide bonds. The number of benzene rings is 1. The smallest absolute Gasteiger partial charge is 0.303 e. The molecule has 208 valence electrons. The van der Waals surface area contributed by atoms with Gasteiger partial charge in [-0.05, 0) is 42.8 Å². The SMILES string of the molecule is CC(=O)OC(CCO)CC(C)OCC(Oc1ccc(C(=O)Cl)cc1)C(OC(C)=O)C(CCO)OC(C)=O. The van der Waals surface area contributed by atoms with E-state index >= 15 is 0 Å². The molecule has 0 bridgehead atoms. The monoisotopic (exact) mass is 546 g/mol. The zero-order valence-electron chi connectivity index (χ0n) is 21.4. The average Bonchev–Trinajstić information content (AvgIpc) is 2.79. The molecule has 5 atom stereocenters. The third-order valence-electron chi connectivity index (χ3n) is 5.06. The van der Waals surface area contributed by atoms with E-state index in [1.165, 1.54) is 45.0 Å². The van der Waals surface area contributed by atoms with Gasteiger partial charge in [-0.15, -0.1) is 0 Å². The third kappa shape index (κ3) is 12.9. The van der Waals surface area contributed by atoms with Gasteiger partial charge in [0, 0.05) is 58.8 Å². The Hall–Kier alpha value is -2.73. The van der Waals surface area contributed by atoms with E-state index in [0.29, 0.717) is 0 Å². The third-order valence-corrected chi connectivity index (χ3v) is 5.28. The van der Waals surface area contributed by atoms with Gasteiger partial charge in [0.25, 0.3) is 5.24 Å². The number of esters is 3. The molecule has 0 spiro atoms. The van der Waals surface area contributed by atoms with Crippen LogP contribution in [0.3, 0.4) is 0 Å². The largest absolute Gasteiger partial charge is 0.484 e. The lowest BCUT2D eigenvalue weighted by atomic mass is 10.0. The van der Waals surface area contributed by atoms with Crippen LogP contribution >= 0.6 is 11.6 Å². The fourth-order valence-electron chi connectivity index (χ4n) is 3.55. The first-order valence-electron chi connectivity index (χ1n) is 11.8. The second-order valence-corrected chi connectivity index (χ2v) is 8.66. The lowest BCUT2D eigenvalue weighted by Crippen LogP contribution is -2.48. The van der Waals surface area contributed by atoms with Crippen molar-refractivity contribution in [1.82, 2.24) is 0 Å². The summed E-state index contributed by atoms with van der Waals surface area (Å²) >= 11 is 5.50. The van der Waals surface area contributed by atoms with E-state index < -0.39 is 53.7 Å². The van der Waals surface area contributed by atoms with Crippen molar-refractivity contribution in [2.45, 2.75) is 77.5 Å². The van der Waals surface area contributed by atoms with E-state index in [0.717, 1.165) is 0 Å². The van der Waals surface area contributed by atoms with E-state index in [4.69, 9.17) is 35.3 Å². The normalized spacial score (nSPS) is 15.0. The first-order valence-corrected chi connectivity index (χ1v) is 12.2. The second kappa shape index (κ2) is 16.9. The summed E-state index contributed by atoms with van der Waals surface area (Å²) in [6.45, 7) is 4.64. The van der Waals surface area contributed by atoms with Crippen LogP contribution in [0.4, 0.5) is 0 Å². The number of halogens is 1. The number of carbonyl (C=O) groups is 4. The number of hydrogen-bond acceptors (Lipinski definition) is 11. The van der Waals surface area contributed by atoms with Crippen molar-refractivity contribution in [3.63, 3.8) is 0 Å². The van der Waals surface area contributed by atoms with E-state index in [2.05, 4.69) is 0 Å². The van der Waals surface area contributed by atoms with Gasteiger partial charge in [0.05, 0.1) is 12.7 Å². The number of hydrogen-bond donors (Lipinski definition) is 2. The Morgan fingerprint density at radius 3 is 1.89 bits per heavy atom. The molecule has 37 heavy (non-hydrogen) atoms. The Morgan fingerprint density at radius 2 is 1.41 bits per heavy atom. The predicted octanol–water partition coefficient (Wildman–Crippen LogP) is 2.17. The molecule has 0 heterocycles. The van der Waals surface area contributed by atoms with Gasteiger partial charge >= 0.3 is 17.9 Å². The van der Waals surface area contributed by atoms with Gasteiger partial charge in [0.1, 0.15) is 18.0 Å². The van der Waals surface area contributed by atoms with Gasteiger partial charge in [0.2, 0.25) is 0 Å². The van der Waals surface area contributed by atoms with Gasteiger partial charge < -0.3 is 33.9 Å². The van der Waals surface area contributed by atoms with Crippen molar-refractivity contribution in [2.24, 2.45) is 0 Å². The van der Waals surface area contributed by atoms with Crippen molar-refractivity contribution in [1.29, 1.82) is 0 Å². The van der Waals surface area contributed by atoms with E-state index in [9.17, 15) is 29.4 Å². The molecule has 2 N–H and O–H groups in total. The summed E-state index contributed by atoms with van der Waals surface area (Å²) < 4.78 is 27.9. The number of aliphatic hydroxyl groups excluding tert-OH is 2. The highest BCUT2D eigenvalue weighted by Crippen LogP contribution is 2.22. The van der Waals surface area contributed by atoms with Gasteiger partial charge in [-0.2, -0.15) is 0 Å². The van der Waals surface area contributed by atoms with Gasteiger partial charge in [0.15, 0.2) is 12.2 Å². The van der Waals surface area contributed by atoms with Gasteiger partial charge in [-0.1, -0.05) is 0 Å². The highest BCUT2D eigenvalue weighted by Gasteiger charge is 2.37. The maximum Gasteiger partial charge on any atom is 0.303 e. The number of carbonyl (C=O) groups excluding carboxylic acids is 4. The Morgan fingerprint density at radius 1 is 0.838 bits per heavy atom. The molecule has 0 fully saturated rings. The maximum absolute atomic E-state index is 11.9. The Balaban J connectivity index is 3.20. The Kier molecular flexibility index (Phi) is 14.8. The highest BCUT2D eigenvalue weighted by molar-refractivity contribution is 6.67. The van der Waals surface area contributed by atoms with Crippen molar-refractivity contribution >= 4 is 34.8 Å². The van der Waals surface area contributed by atoms with Crippen molar-refractivity contribution in [3.05, 3.63) is 29.8 Å². The van der Waals surface area contributed by atoms with Crippen LogP contribution in [0.2, 0.25) is 0 Å². The quantitative estimate of drug-likeness (QED) is 0.168. The first-order chi connectivity index (χ1) is 17.5. The van der Waals surface area contributed by atoms with Crippen molar-refractivity contribution in [3.8, 4) is 5.75 Å². The summed E-state index contributed by atoms with van der Waals surface area (Å²) in [7, 11) is 0. The van der Waals surface area contributed by atoms with E-state index in [1.54, 1.807) is 6.92 Å². The summed E-state index contributed by atoms with van der Waals surface area (Å²) in [6.07, 6.45) is -3.87. The van der Waals surface area contributed by atoms with Crippen LogP contribution in [0, 0.1) is 0 Å². The van der Waals surface area contributed by atoms with Crippen LogP contribution < -0.4 is 4.74 Å². The summed E-state index contributed by atoms with van der Waals surface area (Å²) in [6, 6.07) is 5.87. The molecule has 0 aliphatic heterocycles. The molecule has 1 aromatic rings. The van der Waals surface area contributed by atoms with Crippen LogP contribution in [-0.2, 0) is 33.3 Å². The molecule has 0 aliphatic rings. The van der Waals surface area contributed by atoms with Crippen LogP contribution in [0.1, 0.15) is 57.3 Å². The standard InChI is InChI=1S/C25H35ClO11/c1-15(13-21(9-11-27)34-16(2)29)33-14-23(37-20-7-5-19(6-8-20)25(26)32)24(36-18(4)31)22(10-12-28)35-17(3)30/h5-8,15,21-24,27-28H,9-14H2,1-4H3. The van der Waals surface area contributed by atoms with Crippen LogP contribution in [0.15, 0.2) is 24.3 Å². The molecule has 1 aromatic carbocycles. The van der Waals surface area contributed by atoms with Gasteiger partial charge in [-0.3, -0.25) is 19.2 Å². The number of aliphatic hydroxyl groups is 2. The molecule has 0 aromatic heterocycles. The van der Waals surface area contributed by atoms with Crippen molar-refractivity contribution in [2.75, 3.05) is 19.8 Å². The number of rotatable bonds is 17. The fraction of sp³-hybridized carbons (Fsp3) is 0.600. The molecular formula is C25H35ClO11. The lowest BCUT2D eigenvalue weighted by Gasteiger charge is -2.33.